The Kier molecular flexibility index (Phi) is 10.1. The lowest BCUT2D eigenvalue weighted by molar-refractivity contribution is -0.0101. The number of aromatic nitrogens is 1. The predicted octanol–water partition coefficient (Wildman–Crippen LogP) is 4.17. The van der Waals surface area contributed by atoms with Gasteiger partial charge in [-0.25, -0.2) is 0 Å². The van der Waals surface area contributed by atoms with Gasteiger partial charge in [0.15, 0.2) is 0 Å². The molecule has 3 heterocycles. The molecule has 2 saturated heterocycles. The van der Waals surface area contributed by atoms with E-state index in [1.54, 1.807) is 0 Å². The van der Waals surface area contributed by atoms with Crippen molar-refractivity contribution in [1.82, 2.24) is 20.1 Å². The van der Waals surface area contributed by atoms with E-state index in [0.29, 0.717) is 29.3 Å². The zero-order valence-electron chi connectivity index (χ0n) is 27.0. The van der Waals surface area contributed by atoms with Crippen LogP contribution in [0.3, 0.4) is 0 Å². The Morgan fingerprint density at radius 2 is 1.79 bits per heavy atom. The number of benzene rings is 1. The van der Waals surface area contributed by atoms with Crippen molar-refractivity contribution in [3.05, 3.63) is 56.5 Å². The summed E-state index contributed by atoms with van der Waals surface area (Å²) >= 11 is 0. The van der Waals surface area contributed by atoms with Crippen LogP contribution in [0.15, 0.2) is 23.0 Å². The predicted molar refractivity (Wildman–Crippen MR) is 171 cm³/mol. The minimum Gasteiger partial charge on any atom is -0.490 e. The molecule has 1 amide bonds. The molecule has 0 atom stereocenters. The number of nitrogens with zero attached hydrogens (tertiary/aromatic N) is 3. The summed E-state index contributed by atoms with van der Waals surface area (Å²) in [4.78, 5) is 36.7. The summed E-state index contributed by atoms with van der Waals surface area (Å²) < 4.78 is 12.2. The Hall–Kier alpha value is -2.88. The van der Waals surface area contributed by atoms with Gasteiger partial charge in [-0.15, -0.1) is 0 Å². The van der Waals surface area contributed by atoms with E-state index in [-0.39, 0.29) is 24.1 Å². The molecule has 9 heteroatoms. The zero-order valence-corrected chi connectivity index (χ0v) is 27.0. The smallest absolute Gasteiger partial charge is 0.253 e. The van der Waals surface area contributed by atoms with E-state index in [1.807, 2.05) is 32.9 Å². The quantitative estimate of drug-likeness (QED) is 0.428. The molecule has 2 aromatic rings. The van der Waals surface area contributed by atoms with Crippen LogP contribution in [0.2, 0.25) is 0 Å². The number of nitrogens with one attached hydrogen (secondary N) is 2. The third kappa shape index (κ3) is 7.27. The highest BCUT2D eigenvalue weighted by Crippen LogP contribution is 2.36. The Morgan fingerprint density at radius 1 is 1.09 bits per heavy atom. The zero-order chi connectivity index (χ0) is 30.7. The summed E-state index contributed by atoms with van der Waals surface area (Å²) in [5.41, 5.74) is 4.68. The van der Waals surface area contributed by atoms with Crippen molar-refractivity contribution < 1.29 is 14.3 Å². The summed E-state index contributed by atoms with van der Waals surface area (Å²) in [6.45, 7) is 19.5. The Bertz CT molecular complexity index is 1320. The summed E-state index contributed by atoms with van der Waals surface area (Å²) in [6.07, 6.45) is 4.10. The molecule has 1 saturated carbocycles. The number of piperazine rings is 1. The molecule has 0 radical (unpaired) electrons. The van der Waals surface area contributed by atoms with E-state index in [9.17, 15) is 9.59 Å². The molecule has 3 aliphatic rings. The summed E-state index contributed by atoms with van der Waals surface area (Å²) in [7, 11) is 0. The molecule has 5 rings (SSSR count). The Morgan fingerprint density at radius 3 is 2.42 bits per heavy atom. The fourth-order valence-electron chi connectivity index (χ4n) is 7.01. The van der Waals surface area contributed by atoms with Crippen molar-refractivity contribution in [3.8, 4) is 5.75 Å². The van der Waals surface area contributed by atoms with Crippen LogP contribution in [-0.4, -0.2) is 90.9 Å². The first kappa shape index (κ1) is 31.5. The summed E-state index contributed by atoms with van der Waals surface area (Å²) in [6, 6.07) is 7.49. The number of carbonyl (C=O) groups excluding carboxylic acids is 1. The van der Waals surface area contributed by atoms with E-state index < -0.39 is 0 Å². The largest absolute Gasteiger partial charge is 0.490 e. The molecule has 0 unspecified atom stereocenters. The van der Waals surface area contributed by atoms with Crippen molar-refractivity contribution in [3.63, 3.8) is 0 Å². The normalized spacial score (nSPS) is 21.9. The van der Waals surface area contributed by atoms with Crippen LogP contribution < -0.4 is 20.5 Å². The standard InChI is InChI=1S/C34H51N5O4/c1-7-39(26-8-14-42-15-9-26)32-20-29(43-28-17-27(18-28)38-12-10-37(11-13-38)22(2)3)19-30(25(32)6)33(40)35-21-31-23(4)16-24(5)36-34(31)41/h16,19-20,22,26-28H,7-15,17-18,21H2,1-6H3,(H,35,40)(H,36,41)/t27-,28-. The van der Waals surface area contributed by atoms with Crippen molar-refractivity contribution in [2.45, 2.75) is 98.0 Å². The third-order valence-corrected chi connectivity index (χ3v) is 9.77. The van der Waals surface area contributed by atoms with Gasteiger partial charge in [0.1, 0.15) is 11.9 Å². The molecule has 0 spiro atoms. The molecule has 1 aromatic carbocycles. The minimum atomic E-state index is -0.193. The molecule has 0 bridgehead atoms. The van der Waals surface area contributed by atoms with Crippen LogP contribution in [0.5, 0.6) is 5.75 Å². The van der Waals surface area contributed by atoms with Crippen LogP contribution >= 0.6 is 0 Å². The van der Waals surface area contributed by atoms with Crippen molar-refractivity contribution in [2.24, 2.45) is 0 Å². The second kappa shape index (κ2) is 13.8. The number of ether oxygens (including phenoxy) is 2. The molecule has 9 nitrogen and oxygen atoms in total. The van der Waals surface area contributed by atoms with Crippen molar-refractivity contribution in [1.29, 1.82) is 0 Å². The maximum Gasteiger partial charge on any atom is 0.253 e. The average Bonchev–Trinajstić information content (AvgIpc) is 2.96. The van der Waals surface area contributed by atoms with Crippen LogP contribution in [0.4, 0.5) is 5.69 Å². The number of aryl methyl sites for hydroxylation is 2. The number of amides is 1. The monoisotopic (exact) mass is 593 g/mol. The van der Waals surface area contributed by atoms with Gasteiger partial charge in [-0.2, -0.15) is 0 Å². The molecular weight excluding hydrogens is 542 g/mol. The highest BCUT2D eigenvalue weighted by Gasteiger charge is 2.37. The summed E-state index contributed by atoms with van der Waals surface area (Å²) in [5.74, 6) is 0.551. The number of hydrogen-bond acceptors (Lipinski definition) is 7. The second-order valence-electron chi connectivity index (χ2n) is 12.9. The number of hydrogen-bond donors (Lipinski definition) is 2. The molecule has 1 aromatic heterocycles. The first-order valence-electron chi connectivity index (χ1n) is 16.3. The van der Waals surface area contributed by atoms with Gasteiger partial charge in [0.2, 0.25) is 0 Å². The van der Waals surface area contributed by atoms with E-state index >= 15 is 0 Å². The molecule has 2 aliphatic heterocycles. The number of aromatic amines is 1. The lowest BCUT2D eigenvalue weighted by Crippen LogP contribution is -2.57. The van der Waals surface area contributed by atoms with Gasteiger partial charge in [0.25, 0.3) is 11.5 Å². The average molecular weight is 594 g/mol. The molecule has 2 N–H and O–H groups in total. The first-order valence-corrected chi connectivity index (χ1v) is 16.3. The van der Waals surface area contributed by atoms with Gasteiger partial charge in [-0.05, 0) is 77.6 Å². The topological polar surface area (TPSA) is 90.1 Å². The van der Waals surface area contributed by atoms with Crippen LogP contribution in [-0.2, 0) is 11.3 Å². The number of carbonyl (C=O) groups is 1. The van der Waals surface area contributed by atoms with Crippen molar-refractivity contribution in [2.75, 3.05) is 50.8 Å². The Labute approximate surface area is 256 Å². The fourth-order valence-corrected chi connectivity index (χ4v) is 7.01. The van der Waals surface area contributed by atoms with Crippen LogP contribution in [0.25, 0.3) is 0 Å². The molecular formula is C34H51N5O4. The van der Waals surface area contributed by atoms with E-state index in [0.717, 1.165) is 99.9 Å². The Balaban J connectivity index is 1.33. The van der Waals surface area contributed by atoms with Crippen molar-refractivity contribution >= 4 is 11.6 Å². The van der Waals surface area contributed by atoms with Gasteiger partial charge in [-0.1, -0.05) is 0 Å². The minimum absolute atomic E-state index is 0.145. The van der Waals surface area contributed by atoms with Crippen LogP contribution in [0, 0.1) is 20.8 Å². The number of H-pyrrole nitrogens is 1. The van der Waals surface area contributed by atoms with Crippen LogP contribution in [0.1, 0.15) is 79.2 Å². The maximum absolute atomic E-state index is 13.7. The fraction of sp³-hybridized carbons (Fsp3) is 0.647. The number of rotatable bonds is 10. The summed E-state index contributed by atoms with van der Waals surface area (Å²) in [5, 5.41) is 3.03. The van der Waals surface area contributed by atoms with E-state index in [4.69, 9.17) is 9.47 Å². The number of anilines is 1. The van der Waals surface area contributed by atoms with Gasteiger partial charge >= 0.3 is 0 Å². The highest BCUT2D eigenvalue weighted by atomic mass is 16.5. The second-order valence-corrected chi connectivity index (χ2v) is 12.9. The van der Waals surface area contributed by atoms with Gasteiger partial charge in [0.05, 0.1) is 0 Å². The molecule has 3 fully saturated rings. The molecule has 236 valence electrons. The van der Waals surface area contributed by atoms with Gasteiger partial charge < -0.3 is 24.7 Å². The SMILES string of the molecule is CCN(c1cc(O[C@H]2C[C@H](N3CCN(C(C)C)CC3)C2)cc(C(=O)NCc2c(C)cc(C)[nH]c2=O)c1C)C1CCOCC1. The molecule has 1 aliphatic carbocycles. The molecule has 43 heavy (non-hydrogen) atoms. The number of pyridine rings is 1. The van der Waals surface area contributed by atoms with Gasteiger partial charge in [-0.3, -0.25) is 19.4 Å². The van der Waals surface area contributed by atoms with E-state index in [1.165, 1.54) is 0 Å². The lowest BCUT2D eigenvalue weighted by Gasteiger charge is -2.47. The third-order valence-electron chi connectivity index (χ3n) is 9.77. The lowest BCUT2D eigenvalue weighted by atomic mass is 9.87. The van der Waals surface area contributed by atoms with E-state index in [2.05, 4.69) is 51.8 Å². The first-order chi connectivity index (χ1) is 20.6. The highest BCUT2D eigenvalue weighted by molar-refractivity contribution is 5.97. The van der Waals surface area contributed by atoms with Gasteiger partial charge in [0, 0.05) is 112 Å². The maximum atomic E-state index is 13.7.